The maximum atomic E-state index is 4.18. The minimum absolute atomic E-state index is 0.592. The van der Waals surface area contributed by atoms with Crippen LogP contribution in [0.5, 0.6) is 0 Å². The number of hydrazone groups is 1. The molecule has 0 N–H and O–H groups in total. The molecule has 0 aliphatic heterocycles. The van der Waals surface area contributed by atoms with Gasteiger partial charge in [0.2, 0.25) is 0 Å². The highest BCUT2D eigenvalue weighted by molar-refractivity contribution is 5.79. The third-order valence-corrected chi connectivity index (χ3v) is 2.04. The monoisotopic (exact) mass is 190 g/mol. The summed E-state index contributed by atoms with van der Waals surface area (Å²) in [5, 5.41) is 5.97. The van der Waals surface area contributed by atoms with Crippen LogP contribution >= 0.6 is 0 Å². The highest BCUT2D eigenvalue weighted by Crippen LogP contribution is 2.13. The molecule has 76 valence electrons. The van der Waals surface area contributed by atoms with Crippen molar-refractivity contribution in [1.29, 1.82) is 0 Å². The maximum absolute atomic E-state index is 4.18. The van der Waals surface area contributed by atoms with Crippen LogP contribution < -0.4 is 0 Å². The van der Waals surface area contributed by atoms with Crippen LogP contribution in [0.4, 0.5) is 0 Å². The fourth-order valence-electron chi connectivity index (χ4n) is 1.15. The van der Waals surface area contributed by atoms with Crippen molar-refractivity contribution in [3.8, 4) is 0 Å². The molecule has 1 aromatic carbocycles. The second-order valence-electron chi connectivity index (χ2n) is 3.91. The van der Waals surface area contributed by atoms with Crippen molar-refractivity contribution in [3.05, 3.63) is 35.4 Å². The molecule has 0 spiro atoms. The molecule has 0 bridgehead atoms. The van der Waals surface area contributed by atoms with E-state index in [0.717, 1.165) is 5.56 Å². The van der Waals surface area contributed by atoms with E-state index in [4.69, 9.17) is 0 Å². The lowest BCUT2D eigenvalue weighted by atomic mass is 10.0. The standard InChI is InChI=1S/C12H18N2/c1-10(2)12-7-5-11(6-8-12)9-13-14(3)4/h5-10H,1-4H3/b13-9-. The summed E-state index contributed by atoms with van der Waals surface area (Å²) < 4.78 is 0. The predicted octanol–water partition coefficient (Wildman–Crippen LogP) is 2.71. The normalized spacial score (nSPS) is 11.2. The molecule has 0 saturated carbocycles. The van der Waals surface area contributed by atoms with E-state index < -0.39 is 0 Å². The van der Waals surface area contributed by atoms with Gasteiger partial charge >= 0.3 is 0 Å². The average Bonchev–Trinajstić information content (AvgIpc) is 2.15. The summed E-state index contributed by atoms with van der Waals surface area (Å²) in [5.74, 6) is 0.592. The first-order chi connectivity index (χ1) is 6.59. The minimum atomic E-state index is 0.592. The van der Waals surface area contributed by atoms with Gasteiger partial charge in [-0.2, -0.15) is 5.10 Å². The van der Waals surface area contributed by atoms with Gasteiger partial charge in [-0.3, -0.25) is 0 Å². The van der Waals surface area contributed by atoms with Crippen molar-refractivity contribution in [2.24, 2.45) is 5.10 Å². The first kappa shape index (κ1) is 10.8. The van der Waals surface area contributed by atoms with Crippen LogP contribution in [0, 0.1) is 0 Å². The second kappa shape index (κ2) is 4.80. The van der Waals surface area contributed by atoms with Gasteiger partial charge in [0.1, 0.15) is 0 Å². The van der Waals surface area contributed by atoms with E-state index in [2.05, 4.69) is 43.2 Å². The molecule has 1 rings (SSSR count). The fourth-order valence-corrected chi connectivity index (χ4v) is 1.15. The topological polar surface area (TPSA) is 15.6 Å². The van der Waals surface area contributed by atoms with Gasteiger partial charge in [0.25, 0.3) is 0 Å². The lowest BCUT2D eigenvalue weighted by Crippen LogP contribution is -2.01. The van der Waals surface area contributed by atoms with Gasteiger partial charge in [0.15, 0.2) is 0 Å². The van der Waals surface area contributed by atoms with E-state index in [9.17, 15) is 0 Å². The molecule has 14 heavy (non-hydrogen) atoms. The molecule has 0 aromatic heterocycles. The van der Waals surface area contributed by atoms with Crippen LogP contribution in [-0.2, 0) is 0 Å². The first-order valence-corrected chi connectivity index (χ1v) is 4.91. The van der Waals surface area contributed by atoms with Crippen LogP contribution in [0.15, 0.2) is 29.4 Å². The minimum Gasteiger partial charge on any atom is -0.303 e. The number of benzene rings is 1. The number of hydrogen-bond donors (Lipinski definition) is 0. The van der Waals surface area contributed by atoms with Crippen LogP contribution in [0.3, 0.4) is 0 Å². The molecule has 1 aromatic rings. The number of rotatable bonds is 3. The quantitative estimate of drug-likeness (QED) is 0.528. The zero-order chi connectivity index (χ0) is 10.6. The van der Waals surface area contributed by atoms with E-state index in [-0.39, 0.29) is 0 Å². The highest BCUT2D eigenvalue weighted by Gasteiger charge is 1.97. The fraction of sp³-hybridized carbons (Fsp3) is 0.417. The number of nitrogens with zero attached hydrogens (tertiary/aromatic N) is 2. The maximum Gasteiger partial charge on any atom is 0.0542 e. The Bertz CT molecular complexity index is 297. The third-order valence-electron chi connectivity index (χ3n) is 2.04. The first-order valence-electron chi connectivity index (χ1n) is 4.91. The van der Waals surface area contributed by atoms with E-state index >= 15 is 0 Å². The van der Waals surface area contributed by atoms with Crippen molar-refractivity contribution in [1.82, 2.24) is 5.01 Å². The van der Waals surface area contributed by atoms with Crippen LogP contribution in [0.2, 0.25) is 0 Å². The van der Waals surface area contributed by atoms with E-state index in [1.807, 2.05) is 20.3 Å². The van der Waals surface area contributed by atoms with Crippen LogP contribution in [-0.4, -0.2) is 25.3 Å². The molecule has 0 heterocycles. The van der Waals surface area contributed by atoms with Gasteiger partial charge in [-0.05, 0) is 17.0 Å². The van der Waals surface area contributed by atoms with Gasteiger partial charge in [-0.15, -0.1) is 0 Å². The average molecular weight is 190 g/mol. The summed E-state index contributed by atoms with van der Waals surface area (Å²) >= 11 is 0. The molecule has 0 atom stereocenters. The summed E-state index contributed by atoms with van der Waals surface area (Å²) in [7, 11) is 3.83. The molecule has 0 unspecified atom stereocenters. The molecule has 0 aliphatic carbocycles. The smallest absolute Gasteiger partial charge is 0.0542 e. The van der Waals surface area contributed by atoms with E-state index in [1.54, 1.807) is 5.01 Å². The second-order valence-corrected chi connectivity index (χ2v) is 3.91. The van der Waals surface area contributed by atoms with Gasteiger partial charge in [-0.1, -0.05) is 38.1 Å². The Morgan fingerprint density at radius 3 is 2.14 bits per heavy atom. The Kier molecular flexibility index (Phi) is 3.69. The lowest BCUT2D eigenvalue weighted by Gasteiger charge is -2.05. The lowest BCUT2D eigenvalue weighted by molar-refractivity contribution is 0.440. The van der Waals surface area contributed by atoms with E-state index in [0.29, 0.717) is 5.92 Å². The van der Waals surface area contributed by atoms with Gasteiger partial charge in [0.05, 0.1) is 6.21 Å². The molecule has 2 heteroatoms. The van der Waals surface area contributed by atoms with Crippen molar-refractivity contribution in [3.63, 3.8) is 0 Å². The molecule has 0 aliphatic rings. The Hall–Kier alpha value is -1.31. The number of hydrogen-bond acceptors (Lipinski definition) is 2. The van der Waals surface area contributed by atoms with Crippen molar-refractivity contribution < 1.29 is 0 Å². The third kappa shape index (κ3) is 3.21. The summed E-state index contributed by atoms with van der Waals surface area (Å²) in [6.07, 6.45) is 1.87. The summed E-state index contributed by atoms with van der Waals surface area (Å²) in [6.45, 7) is 4.39. The largest absolute Gasteiger partial charge is 0.303 e. The summed E-state index contributed by atoms with van der Waals surface area (Å²) in [6, 6.07) is 8.51. The SMILES string of the molecule is CC(C)c1ccc(/C=N\N(C)C)cc1. The highest BCUT2D eigenvalue weighted by atomic mass is 15.4. The molecule has 0 amide bonds. The Labute approximate surface area is 86.2 Å². The van der Waals surface area contributed by atoms with E-state index in [1.165, 1.54) is 5.56 Å². The van der Waals surface area contributed by atoms with Gasteiger partial charge in [0, 0.05) is 14.1 Å². The predicted molar refractivity (Wildman–Crippen MR) is 61.8 cm³/mol. The zero-order valence-electron chi connectivity index (χ0n) is 9.36. The van der Waals surface area contributed by atoms with Gasteiger partial charge < -0.3 is 5.01 Å². The zero-order valence-corrected chi connectivity index (χ0v) is 9.36. The van der Waals surface area contributed by atoms with Crippen molar-refractivity contribution >= 4 is 6.21 Å². The molecule has 0 radical (unpaired) electrons. The summed E-state index contributed by atoms with van der Waals surface area (Å²) in [5.41, 5.74) is 2.51. The molecular formula is C12H18N2. The van der Waals surface area contributed by atoms with Crippen LogP contribution in [0.25, 0.3) is 0 Å². The molecule has 2 nitrogen and oxygen atoms in total. The van der Waals surface area contributed by atoms with Gasteiger partial charge in [-0.25, -0.2) is 0 Å². The molecular weight excluding hydrogens is 172 g/mol. The van der Waals surface area contributed by atoms with Crippen LogP contribution in [0.1, 0.15) is 30.9 Å². The van der Waals surface area contributed by atoms with Crippen molar-refractivity contribution in [2.45, 2.75) is 19.8 Å². The Morgan fingerprint density at radius 2 is 1.71 bits per heavy atom. The summed E-state index contributed by atoms with van der Waals surface area (Å²) in [4.78, 5) is 0. The Morgan fingerprint density at radius 1 is 1.14 bits per heavy atom. The Balaban J connectivity index is 2.73. The van der Waals surface area contributed by atoms with Crippen molar-refractivity contribution in [2.75, 3.05) is 14.1 Å². The molecule has 0 fully saturated rings. The molecule has 0 saturated heterocycles.